The van der Waals surface area contributed by atoms with E-state index in [1.165, 1.54) is 12.8 Å². The summed E-state index contributed by atoms with van der Waals surface area (Å²) in [6.07, 6.45) is 3.50. The summed E-state index contributed by atoms with van der Waals surface area (Å²) < 4.78 is 5.53. The number of hydrogen-bond donors (Lipinski definition) is 1. The minimum absolute atomic E-state index is 0.0416. The molecule has 16 heavy (non-hydrogen) atoms. The van der Waals surface area contributed by atoms with E-state index < -0.39 is 0 Å². The summed E-state index contributed by atoms with van der Waals surface area (Å²) in [7, 11) is 1.90. The summed E-state index contributed by atoms with van der Waals surface area (Å²) in [5.74, 6) is 0.197. The molecule has 4 heteroatoms. The molecule has 0 radical (unpaired) electrons. The maximum Gasteiger partial charge on any atom is 0.236 e. The van der Waals surface area contributed by atoms with Crippen molar-refractivity contribution in [2.24, 2.45) is 0 Å². The zero-order valence-electron chi connectivity index (χ0n) is 10.5. The lowest BCUT2D eigenvalue weighted by Crippen LogP contribution is -2.51. The predicted octanol–water partition coefficient (Wildman–Crippen LogP) is 0.764. The number of rotatable bonds is 4. The minimum atomic E-state index is -0.0416. The van der Waals surface area contributed by atoms with Crippen molar-refractivity contribution < 1.29 is 9.53 Å². The van der Waals surface area contributed by atoms with Crippen LogP contribution in [-0.2, 0) is 9.53 Å². The summed E-state index contributed by atoms with van der Waals surface area (Å²) in [6, 6.07) is 0.499. The first-order valence-corrected chi connectivity index (χ1v) is 6.15. The first-order valence-electron chi connectivity index (χ1n) is 6.15. The average Bonchev–Trinajstić information content (AvgIpc) is 3.04. The van der Waals surface area contributed by atoms with Crippen LogP contribution in [0.1, 0.15) is 33.1 Å². The Bertz CT molecular complexity index is 278. The summed E-state index contributed by atoms with van der Waals surface area (Å²) in [6.45, 7) is 5.42. The van der Waals surface area contributed by atoms with Gasteiger partial charge in [0, 0.05) is 25.2 Å². The molecule has 0 bridgehead atoms. The third-order valence-corrected chi connectivity index (χ3v) is 4.02. The van der Waals surface area contributed by atoms with Gasteiger partial charge in [-0.2, -0.15) is 0 Å². The van der Waals surface area contributed by atoms with E-state index in [-0.39, 0.29) is 17.6 Å². The van der Waals surface area contributed by atoms with Crippen molar-refractivity contribution in [2.75, 3.05) is 20.2 Å². The van der Waals surface area contributed by atoms with Crippen molar-refractivity contribution in [1.29, 1.82) is 0 Å². The van der Waals surface area contributed by atoms with E-state index >= 15 is 0 Å². The second-order valence-corrected chi connectivity index (χ2v) is 5.27. The molecule has 0 aromatic rings. The Morgan fingerprint density at radius 3 is 2.75 bits per heavy atom. The molecule has 0 spiro atoms. The number of likely N-dealkylation sites (N-methyl/N-ethyl adjacent to an activating group) is 1. The second-order valence-electron chi connectivity index (χ2n) is 5.27. The van der Waals surface area contributed by atoms with Gasteiger partial charge in [-0.3, -0.25) is 4.79 Å². The maximum atomic E-state index is 11.9. The normalized spacial score (nSPS) is 34.1. The highest BCUT2D eigenvalue weighted by atomic mass is 16.5. The van der Waals surface area contributed by atoms with E-state index in [1.54, 1.807) is 0 Å². The zero-order valence-corrected chi connectivity index (χ0v) is 10.5. The lowest BCUT2D eigenvalue weighted by molar-refractivity contribution is -0.129. The minimum Gasteiger partial charge on any atom is -0.377 e. The van der Waals surface area contributed by atoms with Gasteiger partial charge < -0.3 is 15.0 Å². The topological polar surface area (TPSA) is 41.6 Å². The standard InChI is InChI=1S/C12H22N2O2/c1-9-12(2,6-7-16-9)13-8-11(15)14(3)10-4-5-10/h9-10,13H,4-8H2,1-3H3. The molecule has 2 rings (SSSR count). The summed E-state index contributed by atoms with van der Waals surface area (Å²) in [5, 5.41) is 3.35. The van der Waals surface area contributed by atoms with Crippen molar-refractivity contribution in [1.82, 2.24) is 10.2 Å². The molecule has 2 unspecified atom stereocenters. The molecular weight excluding hydrogens is 204 g/mol. The number of amides is 1. The first-order chi connectivity index (χ1) is 7.53. The fourth-order valence-electron chi connectivity index (χ4n) is 2.13. The Kier molecular flexibility index (Phi) is 3.22. The fraction of sp³-hybridized carbons (Fsp3) is 0.917. The summed E-state index contributed by atoms with van der Waals surface area (Å²) in [4.78, 5) is 13.7. The average molecular weight is 226 g/mol. The molecule has 2 aliphatic rings. The van der Waals surface area contributed by atoms with E-state index in [1.807, 2.05) is 11.9 Å². The Balaban J connectivity index is 1.79. The van der Waals surface area contributed by atoms with Gasteiger partial charge in [-0.1, -0.05) is 0 Å². The Morgan fingerprint density at radius 2 is 2.25 bits per heavy atom. The van der Waals surface area contributed by atoms with Gasteiger partial charge in [0.15, 0.2) is 0 Å². The summed E-state index contributed by atoms with van der Waals surface area (Å²) >= 11 is 0. The van der Waals surface area contributed by atoms with Crippen molar-refractivity contribution >= 4 is 5.91 Å². The molecule has 1 amide bonds. The predicted molar refractivity (Wildman–Crippen MR) is 62.2 cm³/mol. The highest BCUT2D eigenvalue weighted by Gasteiger charge is 2.37. The maximum absolute atomic E-state index is 11.9. The molecule has 1 aliphatic heterocycles. The van der Waals surface area contributed by atoms with Crippen molar-refractivity contribution in [3.8, 4) is 0 Å². The van der Waals surface area contributed by atoms with Crippen LogP contribution >= 0.6 is 0 Å². The number of hydrogen-bond acceptors (Lipinski definition) is 3. The van der Waals surface area contributed by atoms with Crippen molar-refractivity contribution in [3.05, 3.63) is 0 Å². The third-order valence-electron chi connectivity index (χ3n) is 4.02. The molecular formula is C12H22N2O2. The molecule has 1 saturated carbocycles. The van der Waals surface area contributed by atoms with Crippen LogP contribution in [0.25, 0.3) is 0 Å². The highest BCUT2D eigenvalue weighted by molar-refractivity contribution is 5.78. The van der Waals surface area contributed by atoms with Gasteiger partial charge in [0.1, 0.15) is 0 Å². The van der Waals surface area contributed by atoms with Crippen molar-refractivity contribution in [2.45, 2.75) is 50.8 Å². The molecule has 1 heterocycles. The van der Waals surface area contributed by atoms with Gasteiger partial charge >= 0.3 is 0 Å². The van der Waals surface area contributed by atoms with E-state index in [4.69, 9.17) is 4.74 Å². The molecule has 1 aliphatic carbocycles. The number of ether oxygens (including phenoxy) is 1. The largest absolute Gasteiger partial charge is 0.377 e. The lowest BCUT2D eigenvalue weighted by Gasteiger charge is -2.29. The van der Waals surface area contributed by atoms with Crippen LogP contribution in [0.5, 0.6) is 0 Å². The monoisotopic (exact) mass is 226 g/mol. The molecule has 2 atom stereocenters. The van der Waals surface area contributed by atoms with E-state index in [2.05, 4.69) is 19.2 Å². The second kappa shape index (κ2) is 4.34. The SMILES string of the molecule is CC1OCCC1(C)NCC(=O)N(C)C1CC1. The van der Waals surface area contributed by atoms with E-state index in [0.29, 0.717) is 12.6 Å². The van der Waals surface area contributed by atoms with Crippen LogP contribution in [0.4, 0.5) is 0 Å². The molecule has 1 N–H and O–H groups in total. The van der Waals surface area contributed by atoms with E-state index in [9.17, 15) is 4.79 Å². The zero-order chi connectivity index (χ0) is 11.8. The van der Waals surface area contributed by atoms with Crippen LogP contribution in [0.15, 0.2) is 0 Å². The fourth-order valence-corrected chi connectivity index (χ4v) is 2.13. The molecule has 0 aromatic heterocycles. The third kappa shape index (κ3) is 2.38. The van der Waals surface area contributed by atoms with Gasteiger partial charge in [-0.25, -0.2) is 0 Å². The number of nitrogens with one attached hydrogen (secondary N) is 1. The van der Waals surface area contributed by atoms with Gasteiger partial charge in [-0.05, 0) is 33.1 Å². The van der Waals surface area contributed by atoms with Crippen LogP contribution in [-0.4, -0.2) is 48.7 Å². The molecule has 2 fully saturated rings. The molecule has 4 nitrogen and oxygen atoms in total. The Labute approximate surface area is 97.3 Å². The molecule has 1 saturated heterocycles. The van der Waals surface area contributed by atoms with Crippen LogP contribution in [0, 0.1) is 0 Å². The quantitative estimate of drug-likeness (QED) is 0.769. The van der Waals surface area contributed by atoms with Gasteiger partial charge in [-0.15, -0.1) is 0 Å². The smallest absolute Gasteiger partial charge is 0.236 e. The van der Waals surface area contributed by atoms with Crippen molar-refractivity contribution in [3.63, 3.8) is 0 Å². The number of carbonyl (C=O) groups is 1. The first kappa shape index (κ1) is 11.9. The van der Waals surface area contributed by atoms with E-state index in [0.717, 1.165) is 13.0 Å². The summed E-state index contributed by atoms with van der Waals surface area (Å²) in [5.41, 5.74) is -0.0416. The number of nitrogens with zero attached hydrogens (tertiary/aromatic N) is 1. The van der Waals surface area contributed by atoms with Gasteiger partial charge in [0.05, 0.1) is 12.6 Å². The Hall–Kier alpha value is -0.610. The van der Waals surface area contributed by atoms with Crippen LogP contribution in [0.3, 0.4) is 0 Å². The highest BCUT2D eigenvalue weighted by Crippen LogP contribution is 2.26. The molecule has 92 valence electrons. The lowest BCUT2D eigenvalue weighted by atomic mass is 9.95. The molecule has 0 aromatic carbocycles. The van der Waals surface area contributed by atoms with Crippen LogP contribution in [0.2, 0.25) is 0 Å². The Morgan fingerprint density at radius 1 is 1.56 bits per heavy atom. The van der Waals surface area contributed by atoms with Gasteiger partial charge in [0.2, 0.25) is 5.91 Å². The van der Waals surface area contributed by atoms with Crippen LogP contribution < -0.4 is 5.32 Å². The van der Waals surface area contributed by atoms with Gasteiger partial charge in [0.25, 0.3) is 0 Å². The number of carbonyl (C=O) groups excluding carboxylic acids is 1.